The molecule has 11 nitrogen and oxygen atoms in total. The summed E-state index contributed by atoms with van der Waals surface area (Å²) < 4.78 is 43.2. The maximum absolute atomic E-state index is 13.5. The van der Waals surface area contributed by atoms with E-state index in [0.717, 1.165) is 21.9 Å². The van der Waals surface area contributed by atoms with Crippen LogP contribution in [0.5, 0.6) is 5.75 Å². The van der Waals surface area contributed by atoms with E-state index in [2.05, 4.69) is 9.82 Å². The third-order valence-corrected chi connectivity index (χ3v) is 6.47. The van der Waals surface area contributed by atoms with Crippen LogP contribution in [-0.4, -0.2) is 64.2 Å². The lowest BCUT2D eigenvalue weighted by atomic mass is 9.81. The van der Waals surface area contributed by atoms with Gasteiger partial charge in [-0.2, -0.15) is 18.7 Å². The molecule has 216 valence electrons. The van der Waals surface area contributed by atoms with E-state index in [0.29, 0.717) is 17.9 Å². The van der Waals surface area contributed by atoms with Gasteiger partial charge < -0.3 is 24.9 Å². The summed E-state index contributed by atoms with van der Waals surface area (Å²) in [5, 5.41) is 10.9. The minimum absolute atomic E-state index is 0.0483. The topological polar surface area (TPSA) is 147 Å². The van der Waals surface area contributed by atoms with Crippen LogP contribution in [0.2, 0.25) is 0 Å². The normalized spacial score (nSPS) is 17.8. The van der Waals surface area contributed by atoms with E-state index < -0.39 is 41.5 Å². The summed E-state index contributed by atoms with van der Waals surface area (Å²) in [6, 6.07) is 9.26. The molecule has 0 bridgehead atoms. The van der Waals surface area contributed by atoms with Crippen LogP contribution in [0.4, 0.5) is 18.0 Å². The first kappa shape index (κ1) is 30.2. The van der Waals surface area contributed by atoms with E-state index in [9.17, 15) is 32.3 Å². The number of halogens is 3. The number of carboxylic acid groups (broad SMARTS) is 1. The number of likely N-dealkylation sites (tertiary alicyclic amines) is 1. The maximum Gasteiger partial charge on any atom is 0.493 e. The fraction of sp³-hybridized carbons (Fsp3) is 0.423. The highest BCUT2D eigenvalue weighted by Crippen LogP contribution is 2.37. The highest BCUT2D eigenvalue weighted by Gasteiger charge is 2.48. The molecular weight excluding hydrogens is 537 g/mol. The molecule has 1 aliphatic rings. The van der Waals surface area contributed by atoms with Crippen LogP contribution in [-0.2, 0) is 31.2 Å². The lowest BCUT2D eigenvalue weighted by molar-refractivity contribution is -0.208. The van der Waals surface area contributed by atoms with Crippen LogP contribution < -0.4 is 15.5 Å². The van der Waals surface area contributed by atoms with Gasteiger partial charge in [-0.25, -0.2) is 9.59 Å². The molecule has 1 aromatic heterocycles. The Bertz CT molecular complexity index is 1250. The van der Waals surface area contributed by atoms with Crippen molar-refractivity contribution < 1.29 is 47.0 Å². The Morgan fingerprint density at radius 2 is 1.77 bits per heavy atom. The minimum atomic E-state index is -5.35. The molecule has 3 rings (SSSR count). The third-order valence-electron chi connectivity index (χ3n) is 6.47. The van der Waals surface area contributed by atoms with Crippen LogP contribution in [0.3, 0.4) is 0 Å². The molecule has 2 heterocycles. The van der Waals surface area contributed by atoms with Gasteiger partial charge >= 0.3 is 18.2 Å². The summed E-state index contributed by atoms with van der Waals surface area (Å²) in [6.07, 6.45) is -6.75. The molecule has 1 aromatic carbocycles. The fourth-order valence-corrected chi connectivity index (χ4v) is 4.49. The predicted octanol–water partition coefficient (Wildman–Crippen LogP) is 2.93. The molecule has 0 spiro atoms. The monoisotopic (exact) mass is 566 g/mol. The number of rotatable bonds is 9. The molecule has 0 aliphatic carbocycles. The number of nitrogens with one attached hydrogen (secondary N) is 2. The van der Waals surface area contributed by atoms with Crippen molar-refractivity contribution in [1.82, 2.24) is 20.7 Å². The Morgan fingerprint density at radius 3 is 2.35 bits per heavy atom. The summed E-state index contributed by atoms with van der Waals surface area (Å²) >= 11 is 0. The van der Waals surface area contributed by atoms with E-state index in [4.69, 9.17) is 9.84 Å². The largest absolute Gasteiger partial charge is 0.493 e. The van der Waals surface area contributed by atoms with Crippen molar-refractivity contribution in [1.29, 1.82) is 0 Å². The second kappa shape index (κ2) is 12.2. The first-order valence-electron chi connectivity index (χ1n) is 12.2. The van der Waals surface area contributed by atoms with Gasteiger partial charge in [0.15, 0.2) is 0 Å². The SMILES string of the molecule is Cc1cc(COc2ccc(C3(C)CCN(C(CCNC(=O)O)C(=O)NOC(=O)C(F)(F)F)C3=O)cc2)cc(C)n1. The molecular formula is C26H29F3N4O7. The summed E-state index contributed by atoms with van der Waals surface area (Å²) in [5.41, 5.74) is 3.66. The molecule has 1 aliphatic heterocycles. The maximum atomic E-state index is 13.5. The number of hydroxylamine groups is 1. The van der Waals surface area contributed by atoms with E-state index in [1.165, 1.54) is 5.48 Å². The Hall–Kier alpha value is -4.36. The highest BCUT2D eigenvalue weighted by atomic mass is 19.4. The third kappa shape index (κ3) is 7.39. The summed E-state index contributed by atoms with van der Waals surface area (Å²) in [7, 11) is 0. The van der Waals surface area contributed by atoms with Gasteiger partial charge in [-0.05, 0) is 69.0 Å². The average Bonchev–Trinajstić information content (AvgIpc) is 3.17. The van der Waals surface area contributed by atoms with Crippen molar-refractivity contribution in [3.63, 3.8) is 0 Å². The quantitative estimate of drug-likeness (QED) is 0.393. The number of aryl methyl sites for hydroxylation is 2. The van der Waals surface area contributed by atoms with Crippen molar-refractivity contribution in [3.8, 4) is 5.75 Å². The smallest absolute Gasteiger partial charge is 0.489 e. The second-order valence-corrected chi connectivity index (χ2v) is 9.54. The minimum Gasteiger partial charge on any atom is -0.489 e. The molecule has 0 saturated carbocycles. The van der Waals surface area contributed by atoms with Gasteiger partial charge in [-0.15, -0.1) is 0 Å². The van der Waals surface area contributed by atoms with Gasteiger partial charge in [-0.1, -0.05) is 12.1 Å². The lowest BCUT2D eigenvalue weighted by Gasteiger charge is -2.29. The predicted molar refractivity (Wildman–Crippen MR) is 133 cm³/mol. The van der Waals surface area contributed by atoms with Gasteiger partial charge in [0, 0.05) is 24.5 Å². The van der Waals surface area contributed by atoms with Gasteiger partial charge in [0.05, 0.1) is 5.41 Å². The van der Waals surface area contributed by atoms with Crippen molar-refractivity contribution in [3.05, 3.63) is 58.9 Å². The molecule has 14 heteroatoms. The summed E-state index contributed by atoms with van der Waals surface area (Å²) in [6.45, 7) is 5.52. The van der Waals surface area contributed by atoms with Crippen molar-refractivity contribution in [2.45, 2.75) is 57.9 Å². The highest BCUT2D eigenvalue weighted by molar-refractivity contribution is 5.94. The van der Waals surface area contributed by atoms with E-state index in [1.54, 1.807) is 31.2 Å². The molecule has 2 atom stereocenters. The number of hydrogen-bond donors (Lipinski definition) is 3. The summed E-state index contributed by atoms with van der Waals surface area (Å²) in [5.74, 6) is -3.78. The Balaban J connectivity index is 1.71. The number of ether oxygens (including phenoxy) is 1. The number of benzene rings is 1. The molecule has 40 heavy (non-hydrogen) atoms. The zero-order valence-electron chi connectivity index (χ0n) is 22.0. The number of carbonyl (C=O) groups excluding carboxylic acids is 3. The van der Waals surface area contributed by atoms with Gasteiger partial charge in [0.1, 0.15) is 18.4 Å². The second-order valence-electron chi connectivity index (χ2n) is 9.54. The molecule has 1 saturated heterocycles. The van der Waals surface area contributed by atoms with Crippen LogP contribution in [0.25, 0.3) is 0 Å². The molecule has 3 N–H and O–H groups in total. The first-order valence-corrected chi connectivity index (χ1v) is 12.2. The van der Waals surface area contributed by atoms with Crippen molar-refractivity contribution >= 4 is 23.9 Å². The molecule has 2 unspecified atom stereocenters. The fourth-order valence-electron chi connectivity index (χ4n) is 4.49. The van der Waals surface area contributed by atoms with Gasteiger partial charge in [-0.3, -0.25) is 14.6 Å². The number of pyridine rings is 1. The molecule has 1 fully saturated rings. The number of alkyl halides is 3. The summed E-state index contributed by atoms with van der Waals surface area (Å²) in [4.78, 5) is 57.3. The van der Waals surface area contributed by atoms with Gasteiger partial charge in [0.25, 0.3) is 5.91 Å². The number of nitrogens with zero attached hydrogens (tertiary/aromatic N) is 2. The molecule has 2 aromatic rings. The Morgan fingerprint density at radius 1 is 1.15 bits per heavy atom. The van der Waals surface area contributed by atoms with Crippen LogP contribution in [0, 0.1) is 13.8 Å². The van der Waals surface area contributed by atoms with Crippen LogP contribution in [0.15, 0.2) is 36.4 Å². The zero-order chi connectivity index (χ0) is 29.7. The van der Waals surface area contributed by atoms with Crippen molar-refractivity contribution in [2.75, 3.05) is 13.1 Å². The van der Waals surface area contributed by atoms with Crippen LogP contribution >= 0.6 is 0 Å². The Labute approximate surface area is 227 Å². The number of carbonyl (C=O) groups is 4. The number of hydrogen-bond acceptors (Lipinski definition) is 7. The van der Waals surface area contributed by atoms with E-state index in [-0.39, 0.29) is 25.9 Å². The van der Waals surface area contributed by atoms with Crippen LogP contribution in [0.1, 0.15) is 42.3 Å². The first-order chi connectivity index (χ1) is 18.7. The molecule has 0 radical (unpaired) electrons. The van der Waals surface area contributed by atoms with E-state index in [1.807, 2.05) is 31.3 Å². The lowest BCUT2D eigenvalue weighted by Crippen LogP contribution is -2.51. The van der Waals surface area contributed by atoms with Gasteiger partial charge in [0.2, 0.25) is 5.91 Å². The Kier molecular flexibility index (Phi) is 9.22. The number of amides is 3. The standard InChI is InChI=1S/C26H29F3N4O7/c1-15-12-17(13-16(2)31-15)14-39-19-6-4-18(5-7-19)25(3)9-11-33(22(25)35)20(8-10-30-24(37)38)21(34)32-40-23(36)26(27,28)29/h4-7,12-13,20,30H,8-11,14H2,1-3H3,(H,32,34)(H,37,38). The van der Waals surface area contributed by atoms with Crippen molar-refractivity contribution in [2.24, 2.45) is 0 Å². The number of aromatic nitrogens is 1. The van der Waals surface area contributed by atoms with E-state index >= 15 is 0 Å². The zero-order valence-corrected chi connectivity index (χ0v) is 22.0. The molecule has 3 amide bonds. The average molecular weight is 567 g/mol.